The molecule has 2 N–H and O–H groups in total. The van der Waals surface area contributed by atoms with Crippen molar-refractivity contribution in [1.82, 2.24) is 9.97 Å². The zero-order valence-electron chi connectivity index (χ0n) is 8.02. The first-order valence-electron chi connectivity index (χ1n) is 4.36. The Balaban J connectivity index is 2.30. The van der Waals surface area contributed by atoms with Gasteiger partial charge in [0.1, 0.15) is 5.75 Å². The Morgan fingerprint density at radius 1 is 1.38 bits per heavy atom. The van der Waals surface area contributed by atoms with E-state index in [-0.39, 0.29) is 11.8 Å². The fraction of sp³-hybridized carbons (Fsp3) is 0. The number of hydrogen-bond donors (Lipinski definition) is 1. The molecule has 0 fully saturated rings. The first-order chi connectivity index (χ1) is 7.65. The summed E-state index contributed by atoms with van der Waals surface area (Å²) in [6.07, 6.45) is 0.947. The molecule has 1 heterocycles. The molecule has 16 heavy (non-hydrogen) atoms. The first kappa shape index (κ1) is 10.6. The average Bonchev–Trinajstić information content (AvgIpc) is 2.24. The normalized spacial score (nSPS) is 10.1. The Bertz CT molecular complexity index is 521. The molecular weight excluding hydrogens is 233 g/mol. The van der Waals surface area contributed by atoms with Crippen LogP contribution in [0, 0.1) is 5.82 Å². The second-order valence-electron chi connectivity index (χ2n) is 2.94. The second-order valence-corrected chi connectivity index (χ2v) is 3.38. The lowest BCUT2D eigenvalue weighted by atomic mass is 10.3. The number of nitrogen functional groups attached to an aromatic ring is 1. The van der Waals surface area contributed by atoms with Crippen molar-refractivity contribution in [2.75, 3.05) is 5.73 Å². The summed E-state index contributed by atoms with van der Waals surface area (Å²) in [5.41, 5.74) is 5.32. The molecule has 4 nitrogen and oxygen atoms in total. The quantitative estimate of drug-likeness (QED) is 0.875. The summed E-state index contributed by atoms with van der Waals surface area (Å²) in [5, 5.41) is 0.486. The summed E-state index contributed by atoms with van der Waals surface area (Å²) in [7, 11) is 0. The molecule has 0 atom stereocenters. The topological polar surface area (TPSA) is 61.0 Å². The van der Waals surface area contributed by atoms with E-state index in [4.69, 9.17) is 22.1 Å². The fourth-order valence-corrected chi connectivity index (χ4v) is 1.26. The van der Waals surface area contributed by atoms with Gasteiger partial charge in [0.2, 0.25) is 11.8 Å². The molecule has 0 aliphatic heterocycles. The average molecular weight is 240 g/mol. The van der Waals surface area contributed by atoms with Gasteiger partial charge >= 0.3 is 0 Å². The number of ether oxygens (including phenoxy) is 1. The molecule has 2 aromatic rings. The Kier molecular flexibility index (Phi) is 2.87. The van der Waals surface area contributed by atoms with Crippen LogP contribution >= 0.6 is 11.6 Å². The summed E-state index contributed by atoms with van der Waals surface area (Å²) >= 11 is 5.75. The van der Waals surface area contributed by atoms with Crippen LogP contribution in [0.15, 0.2) is 30.5 Å². The molecule has 6 heteroatoms. The Hall–Kier alpha value is -1.88. The maximum Gasteiger partial charge on any atom is 0.260 e. The zero-order valence-corrected chi connectivity index (χ0v) is 8.78. The maximum absolute atomic E-state index is 13.2. The van der Waals surface area contributed by atoms with Crippen LogP contribution in [0.5, 0.6) is 11.6 Å². The molecule has 1 aromatic heterocycles. The molecule has 0 aliphatic rings. The van der Waals surface area contributed by atoms with Crippen molar-refractivity contribution in [3.8, 4) is 11.6 Å². The maximum atomic E-state index is 13.2. The molecular formula is C10H7ClFN3O. The summed E-state index contributed by atoms with van der Waals surface area (Å²) in [6.45, 7) is 0. The van der Waals surface area contributed by atoms with E-state index in [0.29, 0.717) is 10.8 Å². The van der Waals surface area contributed by atoms with Crippen LogP contribution in [-0.2, 0) is 0 Å². The lowest BCUT2D eigenvalue weighted by Gasteiger charge is -2.05. The van der Waals surface area contributed by atoms with E-state index in [2.05, 4.69) is 9.97 Å². The van der Waals surface area contributed by atoms with Crippen molar-refractivity contribution in [2.24, 2.45) is 0 Å². The van der Waals surface area contributed by atoms with Gasteiger partial charge in [-0.15, -0.1) is 0 Å². The van der Waals surface area contributed by atoms with Gasteiger partial charge < -0.3 is 10.5 Å². The lowest BCUT2D eigenvalue weighted by Crippen LogP contribution is -1.99. The third-order valence-electron chi connectivity index (χ3n) is 1.74. The van der Waals surface area contributed by atoms with Crippen molar-refractivity contribution in [1.29, 1.82) is 0 Å². The fourth-order valence-electron chi connectivity index (χ4n) is 1.08. The molecule has 82 valence electrons. The Labute approximate surface area is 95.9 Å². The number of benzene rings is 1. The van der Waals surface area contributed by atoms with E-state index in [1.165, 1.54) is 0 Å². The third kappa shape index (κ3) is 2.38. The number of anilines is 1. The standard InChI is InChI=1S/C10H7ClFN3O/c11-6-2-1-3-7(4-6)16-9-8(12)5-14-10(13)15-9/h1-5H,(H2,13,14,15). The minimum atomic E-state index is -0.686. The van der Waals surface area contributed by atoms with Gasteiger partial charge in [0.15, 0.2) is 0 Å². The molecule has 0 radical (unpaired) electrons. The van der Waals surface area contributed by atoms with Crippen LogP contribution in [0.1, 0.15) is 0 Å². The summed E-state index contributed by atoms with van der Waals surface area (Å²) in [4.78, 5) is 7.11. The summed E-state index contributed by atoms with van der Waals surface area (Å²) in [6, 6.07) is 6.53. The minimum Gasteiger partial charge on any atom is -0.436 e. The van der Waals surface area contributed by atoms with E-state index in [1.54, 1.807) is 24.3 Å². The first-order valence-corrected chi connectivity index (χ1v) is 4.74. The van der Waals surface area contributed by atoms with Crippen LogP contribution in [0.25, 0.3) is 0 Å². The summed E-state index contributed by atoms with van der Waals surface area (Å²) in [5.74, 6) is -0.591. The summed E-state index contributed by atoms with van der Waals surface area (Å²) < 4.78 is 18.4. The number of nitrogens with two attached hydrogens (primary N) is 1. The molecule has 0 spiro atoms. The van der Waals surface area contributed by atoms with E-state index in [1.807, 2.05) is 0 Å². The van der Waals surface area contributed by atoms with Crippen molar-refractivity contribution >= 4 is 17.5 Å². The van der Waals surface area contributed by atoms with Crippen LogP contribution < -0.4 is 10.5 Å². The highest BCUT2D eigenvalue weighted by Crippen LogP contribution is 2.24. The largest absolute Gasteiger partial charge is 0.436 e. The van der Waals surface area contributed by atoms with Crippen LogP contribution in [0.2, 0.25) is 5.02 Å². The lowest BCUT2D eigenvalue weighted by molar-refractivity contribution is 0.421. The van der Waals surface area contributed by atoms with Gasteiger partial charge in [0.05, 0.1) is 6.20 Å². The molecule has 1 aromatic carbocycles. The van der Waals surface area contributed by atoms with Crippen LogP contribution in [0.4, 0.5) is 10.3 Å². The molecule has 2 rings (SSSR count). The van der Waals surface area contributed by atoms with Gasteiger partial charge in [-0.2, -0.15) is 9.37 Å². The van der Waals surface area contributed by atoms with Gasteiger partial charge in [-0.1, -0.05) is 17.7 Å². The van der Waals surface area contributed by atoms with E-state index < -0.39 is 5.82 Å². The van der Waals surface area contributed by atoms with Crippen LogP contribution in [-0.4, -0.2) is 9.97 Å². The zero-order chi connectivity index (χ0) is 11.5. The predicted molar refractivity (Wildman–Crippen MR) is 57.9 cm³/mol. The van der Waals surface area contributed by atoms with E-state index in [0.717, 1.165) is 6.20 Å². The van der Waals surface area contributed by atoms with Gasteiger partial charge in [0, 0.05) is 5.02 Å². The van der Waals surface area contributed by atoms with Gasteiger partial charge in [-0.25, -0.2) is 4.98 Å². The Morgan fingerprint density at radius 2 is 2.19 bits per heavy atom. The molecule has 0 aliphatic carbocycles. The minimum absolute atomic E-state index is 0.0570. The van der Waals surface area contributed by atoms with Crippen LogP contribution in [0.3, 0.4) is 0 Å². The number of rotatable bonds is 2. The molecule has 0 bridgehead atoms. The monoisotopic (exact) mass is 239 g/mol. The molecule has 0 unspecified atom stereocenters. The number of nitrogens with zero attached hydrogens (tertiary/aromatic N) is 2. The number of hydrogen-bond acceptors (Lipinski definition) is 4. The Morgan fingerprint density at radius 3 is 2.94 bits per heavy atom. The van der Waals surface area contributed by atoms with Gasteiger partial charge in [0.25, 0.3) is 5.88 Å². The molecule has 0 amide bonds. The van der Waals surface area contributed by atoms with E-state index in [9.17, 15) is 4.39 Å². The van der Waals surface area contributed by atoms with Crippen molar-refractivity contribution in [3.63, 3.8) is 0 Å². The highest BCUT2D eigenvalue weighted by molar-refractivity contribution is 6.30. The number of aromatic nitrogens is 2. The highest BCUT2D eigenvalue weighted by Gasteiger charge is 2.08. The van der Waals surface area contributed by atoms with E-state index >= 15 is 0 Å². The predicted octanol–water partition coefficient (Wildman–Crippen LogP) is 2.64. The smallest absolute Gasteiger partial charge is 0.260 e. The van der Waals surface area contributed by atoms with Crippen molar-refractivity contribution in [3.05, 3.63) is 41.3 Å². The van der Waals surface area contributed by atoms with Crippen molar-refractivity contribution < 1.29 is 9.13 Å². The molecule has 0 saturated heterocycles. The third-order valence-corrected chi connectivity index (χ3v) is 1.98. The highest BCUT2D eigenvalue weighted by atomic mass is 35.5. The van der Waals surface area contributed by atoms with Gasteiger partial charge in [-0.3, -0.25) is 0 Å². The number of halogens is 2. The van der Waals surface area contributed by atoms with Gasteiger partial charge in [-0.05, 0) is 18.2 Å². The second kappa shape index (κ2) is 4.32. The molecule has 0 saturated carbocycles. The SMILES string of the molecule is Nc1ncc(F)c(Oc2cccc(Cl)c2)n1. The van der Waals surface area contributed by atoms with Crippen molar-refractivity contribution in [2.45, 2.75) is 0 Å².